The lowest BCUT2D eigenvalue weighted by Gasteiger charge is -2.46. The van der Waals surface area contributed by atoms with Crippen molar-refractivity contribution in [2.24, 2.45) is 0 Å². The van der Waals surface area contributed by atoms with Gasteiger partial charge < -0.3 is 60.2 Å². The van der Waals surface area contributed by atoms with Gasteiger partial charge in [0.15, 0.2) is 0 Å². The molecule has 0 saturated carbocycles. The van der Waals surface area contributed by atoms with Crippen molar-refractivity contribution in [1.82, 2.24) is 10.6 Å². The highest BCUT2D eigenvalue weighted by molar-refractivity contribution is 8.00. The van der Waals surface area contributed by atoms with E-state index in [0.29, 0.717) is 11.8 Å². The van der Waals surface area contributed by atoms with E-state index < -0.39 is 96.5 Å². The summed E-state index contributed by atoms with van der Waals surface area (Å²) in [6, 6.07) is 7.98. The summed E-state index contributed by atoms with van der Waals surface area (Å²) in [5.74, 6) is -2.69. The number of hydrogen-bond donors (Lipinski definition) is 8. The van der Waals surface area contributed by atoms with Gasteiger partial charge in [-0.2, -0.15) is 0 Å². The molecule has 256 valence electrons. The van der Waals surface area contributed by atoms with Crippen LogP contribution in [0, 0.1) is 0 Å². The van der Waals surface area contributed by atoms with Gasteiger partial charge in [0.2, 0.25) is 0 Å². The highest BCUT2D eigenvalue weighted by Crippen LogP contribution is 2.37. The largest absolute Gasteiger partial charge is 0.465 e. The molecule has 2 aromatic rings. The minimum absolute atomic E-state index is 0.0811. The summed E-state index contributed by atoms with van der Waals surface area (Å²) in [6.07, 6.45) is -9.04. The first-order valence-electron chi connectivity index (χ1n) is 14.3. The number of benzene rings is 2. The van der Waals surface area contributed by atoms with Crippen LogP contribution in [0.3, 0.4) is 0 Å². The van der Waals surface area contributed by atoms with E-state index in [4.69, 9.17) is 9.47 Å². The molecule has 2 aliphatic heterocycles. The van der Waals surface area contributed by atoms with Crippen molar-refractivity contribution in [2.45, 2.75) is 59.6 Å². The van der Waals surface area contributed by atoms with Crippen LogP contribution in [0.1, 0.15) is 41.4 Å². The van der Waals surface area contributed by atoms with Gasteiger partial charge in [-0.3, -0.25) is 9.59 Å². The van der Waals surface area contributed by atoms with Crippen LogP contribution in [0.15, 0.2) is 48.5 Å². The molecule has 47 heavy (non-hydrogen) atoms. The Morgan fingerprint density at radius 2 is 0.936 bits per heavy atom. The number of carbonyl (C=O) groups excluding carboxylic acids is 4. The van der Waals surface area contributed by atoms with E-state index in [1.165, 1.54) is 62.8 Å². The van der Waals surface area contributed by atoms with Crippen LogP contribution < -0.4 is 10.6 Å². The summed E-state index contributed by atoms with van der Waals surface area (Å²) in [7, 11) is 2.41. The molecule has 16 nitrogen and oxygen atoms in total. The van der Waals surface area contributed by atoms with Gasteiger partial charge in [-0.05, 0) is 48.5 Å². The predicted octanol–water partition coefficient (Wildman–Crippen LogP) is -2.23. The van der Waals surface area contributed by atoms with Gasteiger partial charge in [0.1, 0.15) is 47.5 Å². The third kappa shape index (κ3) is 8.08. The van der Waals surface area contributed by atoms with Crippen LogP contribution >= 0.6 is 11.8 Å². The number of ether oxygens (including phenoxy) is 4. The molecule has 0 aliphatic carbocycles. The molecule has 0 radical (unpaired) electrons. The van der Waals surface area contributed by atoms with Gasteiger partial charge in [-0.1, -0.05) is 11.8 Å². The number of amides is 2. The fourth-order valence-electron chi connectivity index (χ4n) is 5.09. The molecule has 2 unspecified atom stereocenters. The minimum atomic E-state index is -1.65. The zero-order chi connectivity index (χ0) is 34.4. The maximum Gasteiger partial charge on any atom is 0.337 e. The van der Waals surface area contributed by atoms with Crippen molar-refractivity contribution in [1.29, 1.82) is 0 Å². The molecule has 2 saturated heterocycles. The summed E-state index contributed by atoms with van der Waals surface area (Å²) in [5, 5.41) is 68.7. The lowest BCUT2D eigenvalue weighted by atomic mass is 9.96. The Morgan fingerprint density at radius 1 is 0.617 bits per heavy atom. The van der Waals surface area contributed by atoms with Gasteiger partial charge in [-0.25, -0.2) is 9.59 Å². The van der Waals surface area contributed by atoms with E-state index in [9.17, 15) is 49.8 Å². The average Bonchev–Trinajstić information content (AvgIpc) is 3.09. The van der Waals surface area contributed by atoms with Crippen LogP contribution in [-0.2, 0) is 18.9 Å². The van der Waals surface area contributed by atoms with E-state index in [2.05, 4.69) is 20.1 Å². The standard InChI is InChI=1S/C30H36N2O14S/c1-43-27(41)15-7-3-13(4-8-15)25(39)31-19-21(35)17(11-33)45-29(23(19)37)47-30-24(38)20(22(36)18(12-34)46-30)32-26(40)14-5-9-16(10-6-14)28(42)44-2/h3-10,17-24,29-30,33-38H,11-12H2,1-2H3,(H,31,39)(H,32,40)/t17-,18-,19+,20+,21+,22+,23-,24-,29?,30?/m1/s1. The van der Waals surface area contributed by atoms with Crippen molar-refractivity contribution in [3.05, 3.63) is 70.8 Å². The van der Waals surface area contributed by atoms with Crippen molar-refractivity contribution < 1.29 is 68.8 Å². The summed E-state index contributed by atoms with van der Waals surface area (Å²) in [4.78, 5) is 49.4. The van der Waals surface area contributed by atoms with Gasteiger partial charge in [0.25, 0.3) is 11.8 Å². The lowest BCUT2D eigenvalue weighted by Crippen LogP contribution is -2.66. The molecule has 17 heteroatoms. The topological polar surface area (TPSA) is 251 Å². The summed E-state index contributed by atoms with van der Waals surface area (Å²) >= 11 is 0.674. The Bertz CT molecular complexity index is 1300. The number of carbonyl (C=O) groups is 4. The first-order valence-corrected chi connectivity index (χ1v) is 15.3. The Kier molecular flexibility index (Phi) is 12.3. The number of thioether (sulfide) groups is 1. The van der Waals surface area contributed by atoms with E-state index in [0.717, 1.165) is 0 Å². The first-order chi connectivity index (χ1) is 22.4. The minimum Gasteiger partial charge on any atom is -0.465 e. The highest BCUT2D eigenvalue weighted by atomic mass is 32.2. The molecule has 8 N–H and O–H groups in total. The number of hydrogen-bond acceptors (Lipinski definition) is 15. The quantitative estimate of drug-likeness (QED) is 0.124. The summed E-state index contributed by atoms with van der Waals surface area (Å²) < 4.78 is 20.6. The molecule has 2 aromatic carbocycles. The smallest absolute Gasteiger partial charge is 0.337 e. The molecule has 2 aliphatic rings. The second kappa shape index (κ2) is 16.0. The zero-order valence-electron chi connectivity index (χ0n) is 25.2. The molecule has 2 heterocycles. The Hall–Kier alpha value is -3.65. The molecule has 10 atom stereocenters. The summed E-state index contributed by atoms with van der Waals surface area (Å²) in [5.41, 5.74) is -2.15. The van der Waals surface area contributed by atoms with Crippen molar-refractivity contribution in [3.63, 3.8) is 0 Å². The molecule has 2 amide bonds. The number of nitrogens with one attached hydrogen (secondary N) is 2. The van der Waals surface area contributed by atoms with E-state index in [-0.39, 0.29) is 22.3 Å². The van der Waals surface area contributed by atoms with Crippen LogP contribution in [0.5, 0.6) is 0 Å². The first kappa shape index (κ1) is 36.2. The third-order valence-corrected chi connectivity index (χ3v) is 9.09. The van der Waals surface area contributed by atoms with Crippen molar-refractivity contribution in [3.8, 4) is 0 Å². The second-order valence-corrected chi connectivity index (χ2v) is 11.9. The Morgan fingerprint density at radius 3 is 1.23 bits per heavy atom. The van der Waals surface area contributed by atoms with Gasteiger partial charge in [-0.15, -0.1) is 0 Å². The van der Waals surface area contributed by atoms with Crippen LogP contribution in [0.25, 0.3) is 0 Å². The SMILES string of the molecule is COC(=O)c1ccc(C(=O)N[C@H]2[C@@H](O)[C@@H](CO)OC(SC3O[C@H](CO)[C@H](O)[C@H](NC(=O)c4ccc(C(=O)OC)cc4)[C@H]3O)[C@@H]2O)cc1. The second-order valence-electron chi connectivity index (χ2n) is 10.7. The van der Waals surface area contributed by atoms with E-state index in [1.54, 1.807) is 0 Å². The summed E-state index contributed by atoms with van der Waals surface area (Å²) in [6.45, 7) is -1.44. The molecule has 0 spiro atoms. The van der Waals surface area contributed by atoms with Crippen molar-refractivity contribution >= 4 is 35.5 Å². The van der Waals surface area contributed by atoms with E-state index >= 15 is 0 Å². The molecule has 0 bridgehead atoms. The molecule has 4 rings (SSSR count). The van der Waals surface area contributed by atoms with Crippen LogP contribution in [0.4, 0.5) is 0 Å². The monoisotopic (exact) mass is 680 g/mol. The molecular weight excluding hydrogens is 644 g/mol. The average molecular weight is 681 g/mol. The van der Waals surface area contributed by atoms with Gasteiger partial charge in [0, 0.05) is 11.1 Å². The molecule has 0 aromatic heterocycles. The van der Waals surface area contributed by atoms with Crippen LogP contribution in [0.2, 0.25) is 0 Å². The maximum atomic E-state index is 13.0. The molecule has 2 fully saturated rings. The van der Waals surface area contributed by atoms with E-state index in [1.807, 2.05) is 0 Å². The Balaban J connectivity index is 1.49. The molecular formula is C30H36N2O14S. The normalized spacial score (nSPS) is 30.6. The van der Waals surface area contributed by atoms with Crippen molar-refractivity contribution in [2.75, 3.05) is 27.4 Å². The number of rotatable bonds is 10. The fourth-order valence-corrected chi connectivity index (χ4v) is 6.43. The van der Waals surface area contributed by atoms with Gasteiger partial charge >= 0.3 is 11.9 Å². The number of aliphatic hydroxyl groups is 6. The predicted molar refractivity (Wildman–Crippen MR) is 161 cm³/mol. The Labute approximate surface area is 272 Å². The fraction of sp³-hybridized carbons (Fsp3) is 0.467. The van der Waals surface area contributed by atoms with Gasteiger partial charge in [0.05, 0.1) is 50.6 Å². The maximum absolute atomic E-state index is 13.0. The number of esters is 2. The number of aliphatic hydroxyl groups excluding tert-OH is 6. The third-order valence-electron chi connectivity index (χ3n) is 7.77. The number of methoxy groups -OCH3 is 2. The zero-order valence-corrected chi connectivity index (χ0v) is 26.0. The van der Waals surface area contributed by atoms with Crippen LogP contribution in [-0.4, -0.2) is 141 Å². The lowest BCUT2D eigenvalue weighted by molar-refractivity contribution is -0.175. The highest BCUT2D eigenvalue weighted by Gasteiger charge is 2.50.